The second-order valence-corrected chi connectivity index (χ2v) is 4.80. The highest BCUT2D eigenvalue weighted by molar-refractivity contribution is 5.88. The van der Waals surface area contributed by atoms with Crippen molar-refractivity contribution < 1.29 is 14.3 Å². The fraction of sp³-hybridized carbons (Fsp3) is 0.571. The first-order valence-corrected chi connectivity index (χ1v) is 6.49. The SMILES string of the molecule is COC(=O)c1cccn([C@H]2CCC[C@H](OC)C2)c1=O. The zero-order chi connectivity index (χ0) is 13.8. The Hall–Kier alpha value is -1.62. The summed E-state index contributed by atoms with van der Waals surface area (Å²) in [6.45, 7) is 0. The Morgan fingerprint density at radius 2 is 2.16 bits per heavy atom. The van der Waals surface area contributed by atoms with Gasteiger partial charge in [0.2, 0.25) is 0 Å². The number of rotatable bonds is 3. The molecule has 1 aromatic heterocycles. The number of hydrogen-bond acceptors (Lipinski definition) is 4. The fourth-order valence-electron chi connectivity index (χ4n) is 2.65. The molecule has 19 heavy (non-hydrogen) atoms. The van der Waals surface area contributed by atoms with Crippen molar-refractivity contribution in [3.05, 3.63) is 34.2 Å². The zero-order valence-corrected chi connectivity index (χ0v) is 11.3. The maximum Gasteiger partial charge on any atom is 0.343 e. The average molecular weight is 265 g/mol. The summed E-state index contributed by atoms with van der Waals surface area (Å²) in [6.07, 6.45) is 5.71. The first-order chi connectivity index (χ1) is 9.17. The van der Waals surface area contributed by atoms with Crippen molar-refractivity contribution in [3.8, 4) is 0 Å². The van der Waals surface area contributed by atoms with Crippen molar-refractivity contribution in [2.45, 2.75) is 37.8 Å². The highest BCUT2D eigenvalue weighted by atomic mass is 16.5. The summed E-state index contributed by atoms with van der Waals surface area (Å²) in [5.41, 5.74) is -0.194. The zero-order valence-electron chi connectivity index (χ0n) is 11.3. The molecule has 0 N–H and O–H groups in total. The summed E-state index contributed by atoms with van der Waals surface area (Å²) in [6, 6.07) is 3.31. The van der Waals surface area contributed by atoms with Crippen LogP contribution in [-0.4, -0.2) is 30.9 Å². The van der Waals surface area contributed by atoms with Crippen LogP contribution in [0.3, 0.4) is 0 Å². The van der Waals surface area contributed by atoms with Gasteiger partial charge in [0.15, 0.2) is 0 Å². The number of ether oxygens (including phenoxy) is 2. The highest BCUT2D eigenvalue weighted by Crippen LogP contribution is 2.28. The van der Waals surface area contributed by atoms with Crippen molar-refractivity contribution in [1.82, 2.24) is 4.57 Å². The Labute approximate surface area is 112 Å². The molecule has 1 aliphatic carbocycles. The molecular formula is C14H19NO4. The van der Waals surface area contributed by atoms with E-state index in [1.807, 2.05) is 0 Å². The van der Waals surface area contributed by atoms with Gasteiger partial charge in [0.1, 0.15) is 5.56 Å². The first kappa shape index (κ1) is 13.8. The minimum atomic E-state index is -0.585. The largest absolute Gasteiger partial charge is 0.465 e. The van der Waals surface area contributed by atoms with Gasteiger partial charge >= 0.3 is 5.97 Å². The second-order valence-electron chi connectivity index (χ2n) is 4.80. The standard InChI is InChI=1S/C14H19NO4/c1-18-11-6-3-5-10(9-11)15-8-4-7-12(13(15)16)14(17)19-2/h4,7-8,10-11H,3,5-6,9H2,1-2H3/t10-,11-/m0/s1. The van der Waals surface area contributed by atoms with E-state index in [4.69, 9.17) is 4.74 Å². The van der Waals surface area contributed by atoms with Crippen LogP contribution < -0.4 is 5.56 Å². The number of methoxy groups -OCH3 is 2. The number of aromatic nitrogens is 1. The Balaban J connectivity index is 2.30. The lowest BCUT2D eigenvalue weighted by Gasteiger charge is -2.29. The minimum Gasteiger partial charge on any atom is -0.465 e. The Bertz CT molecular complexity index is 508. The van der Waals surface area contributed by atoms with E-state index in [-0.39, 0.29) is 23.3 Å². The third-order valence-electron chi connectivity index (χ3n) is 3.70. The minimum absolute atomic E-state index is 0.0875. The molecule has 1 heterocycles. The predicted octanol–water partition coefficient (Wildman–Crippen LogP) is 1.76. The predicted molar refractivity (Wildman–Crippen MR) is 70.3 cm³/mol. The van der Waals surface area contributed by atoms with Crippen LogP contribution in [0.2, 0.25) is 0 Å². The van der Waals surface area contributed by atoms with E-state index in [2.05, 4.69) is 4.74 Å². The molecule has 1 fully saturated rings. The first-order valence-electron chi connectivity index (χ1n) is 6.49. The molecule has 104 valence electrons. The lowest BCUT2D eigenvalue weighted by Crippen LogP contribution is -2.33. The lowest BCUT2D eigenvalue weighted by molar-refractivity contribution is 0.0519. The van der Waals surface area contributed by atoms with Crippen LogP contribution in [0.15, 0.2) is 23.1 Å². The quantitative estimate of drug-likeness (QED) is 0.781. The normalized spacial score (nSPS) is 23.1. The Morgan fingerprint density at radius 1 is 1.37 bits per heavy atom. The molecule has 0 spiro atoms. The van der Waals surface area contributed by atoms with Crippen molar-refractivity contribution in [2.75, 3.05) is 14.2 Å². The van der Waals surface area contributed by atoms with Crippen molar-refractivity contribution in [2.24, 2.45) is 0 Å². The Morgan fingerprint density at radius 3 is 2.84 bits per heavy atom. The number of nitrogens with zero attached hydrogens (tertiary/aromatic N) is 1. The molecule has 2 atom stereocenters. The van der Waals surface area contributed by atoms with Crippen LogP contribution in [-0.2, 0) is 9.47 Å². The smallest absolute Gasteiger partial charge is 0.343 e. The van der Waals surface area contributed by atoms with Gasteiger partial charge in [0, 0.05) is 19.3 Å². The molecule has 0 saturated heterocycles. The molecule has 2 rings (SSSR count). The summed E-state index contributed by atoms with van der Waals surface area (Å²) in [5, 5.41) is 0. The maximum atomic E-state index is 12.3. The van der Waals surface area contributed by atoms with E-state index in [9.17, 15) is 9.59 Å². The van der Waals surface area contributed by atoms with E-state index in [1.54, 1.807) is 23.9 Å². The molecule has 0 amide bonds. The number of esters is 1. The van der Waals surface area contributed by atoms with E-state index >= 15 is 0 Å². The Kier molecular flexibility index (Phi) is 4.37. The average Bonchev–Trinajstić information content (AvgIpc) is 2.46. The lowest BCUT2D eigenvalue weighted by atomic mass is 9.92. The van der Waals surface area contributed by atoms with Crippen LogP contribution >= 0.6 is 0 Å². The molecule has 1 aliphatic rings. The third kappa shape index (κ3) is 2.87. The van der Waals surface area contributed by atoms with Gasteiger partial charge in [-0.05, 0) is 37.8 Å². The van der Waals surface area contributed by atoms with Gasteiger partial charge in [-0.15, -0.1) is 0 Å². The summed E-state index contributed by atoms with van der Waals surface area (Å²) >= 11 is 0. The molecule has 1 saturated carbocycles. The van der Waals surface area contributed by atoms with Gasteiger partial charge in [-0.25, -0.2) is 4.79 Å². The summed E-state index contributed by atoms with van der Waals surface area (Å²) in [7, 11) is 2.97. The van der Waals surface area contributed by atoms with E-state index < -0.39 is 5.97 Å². The topological polar surface area (TPSA) is 57.5 Å². The number of carbonyl (C=O) groups is 1. The monoisotopic (exact) mass is 265 g/mol. The molecule has 0 unspecified atom stereocenters. The molecule has 0 bridgehead atoms. The number of carbonyl (C=O) groups excluding carboxylic acids is 1. The van der Waals surface area contributed by atoms with Crippen LogP contribution in [0.5, 0.6) is 0 Å². The molecule has 0 aliphatic heterocycles. The molecule has 0 radical (unpaired) electrons. The highest BCUT2D eigenvalue weighted by Gasteiger charge is 2.24. The molecule has 0 aromatic carbocycles. The van der Waals surface area contributed by atoms with Gasteiger partial charge in [-0.3, -0.25) is 4.79 Å². The number of hydrogen-bond donors (Lipinski definition) is 0. The van der Waals surface area contributed by atoms with Crippen LogP contribution in [0, 0.1) is 0 Å². The van der Waals surface area contributed by atoms with E-state index in [0.29, 0.717) is 0 Å². The van der Waals surface area contributed by atoms with Gasteiger partial charge in [-0.1, -0.05) is 0 Å². The number of pyridine rings is 1. The van der Waals surface area contributed by atoms with Gasteiger partial charge in [-0.2, -0.15) is 0 Å². The molecule has 1 aromatic rings. The van der Waals surface area contributed by atoms with Crippen LogP contribution in [0.4, 0.5) is 0 Å². The van der Waals surface area contributed by atoms with Gasteiger partial charge < -0.3 is 14.0 Å². The van der Waals surface area contributed by atoms with Crippen LogP contribution in [0.1, 0.15) is 42.1 Å². The molecule has 5 heteroatoms. The van der Waals surface area contributed by atoms with Crippen molar-refractivity contribution in [1.29, 1.82) is 0 Å². The maximum absolute atomic E-state index is 12.3. The second kappa shape index (κ2) is 6.02. The summed E-state index contributed by atoms with van der Waals surface area (Å²) in [5.74, 6) is -0.585. The van der Waals surface area contributed by atoms with Crippen LogP contribution in [0.25, 0.3) is 0 Å². The van der Waals surface area contributed by atoms with Crippen molar-refractivity contribution in [3.63, 3.8) is 0 Å². The summed E-state index contributed by atoms with van der Waals surface area (Å²) in [4.78, 5) is 23.8. The van der Waals surface area contributed by atoms with Crippen molar-refractivity contribution >= 4 is 5.97 Å². The van der Waals surface area contributed by atoms with Gasteiger partial charge in [0.25, 0.3) is 5.56 Å². The molecular weight excluding hydrogens is 246 g/mol. The fourth-order valence-corrected chi connectivity index (χ4v) is 2.65. The summed E-state index contributed by atoms with van der Waals surface area (Å²) < 4.78 is 11.6. The van der Waals surface area contributed by atoms with Gasteiger partial charge in [0.05, 0.1) is 13.2 Å². The third-order valence-corrected chi connectivity index (χ3v) is 3.70. The van der Waals surface area contributed by atoms with E-state index in [0.717, 1.165) is 25.7 Å². The molecule has 5 nitrogen and oxygen atoms in total. The van der Waals surface area contributed by atoms with E-state index in [1.165, 1.54) is 13.2 Å².